The van der Waals surface area contributed by atoms with Gasteiger partial charge in [-0.3, -0.25) is 4.79 Å². The monoisotopic (exact) mass is 238 g/mol. The highest BCUT2D eigenvalue weighted by molar-refractivity contribution is 5.77. The number of hydrogen-bond donors (Lipinski definition) is 1. The van der Waals surface area contributed by atoms with Crippen LogP contribution in [0.3, 0.4) is 0 Å². The molecule has 2 N–H and O–H groups in total. The van der Waals surface area contributed by atoms with Crippen molar-refractivity contribution >= 4 is 5.91 Å². The minimum atomic E-state index is 0.323. The molecule has 1 aliphatic heterocycles. The summed E-state index contributed by atoms with van der Waals surface area (Å²) in [6.07, 6.45) is 8.14. The summed E-state index contributed by atoms with van der Waals surface area (Å²) in [7, 11) is 0. The van der Waals surface area contributed by atoms with Crippen molar-refractivity contribution in [3.63, 3.8) is 0 Å². The zero-order valence-corrected chi connectivity index (χ0v) is 11.0. The van der Waals surface area contributed by atoms with Crippen LogP contribution in [0, 0.1) is 11.8 Å². The SMILES string of the molecule is C[C@@H]1CCC[C@H](CC(=O)N2CCC[C@H]2CN)C1. The van der Waals surface area contributed by atoms with E-state index in [0.29, 0.717) is 24.4 Å². The second kappa shape index (κ2) is 5.85. The van der Waals surface area contributed by atoms with Crippen LogP contribution >= 0.6 is 0 Å². The highest BCUT2D eigenvalue weighted by Crippen LogP contribution is 2.31. The number of hydrogen-bond acceptors (Lipinski definition) is 2. The molecule has 98 valence electrons. The van der Waals surface area contributed by atoms with E-state index in [4.69, 9.17) is 5.73 Å². The number of amides is 1. The number of nitrogens with two attached hydrogens (primary N) is 1. The van der Waals surface area contributed by atoms with Crippen LogP contribution < -0.4 is 5.73 Å². The van der Waals surface area contributed by atoms with Crippen molar-refractivity contribution in [3.05, 3.63) is 0 Å². The first-order valence-electron chi connectivity index (χ1n) is 7.20. The molecule has 2 aliphatic rings. The molecule has 0 spiro atoms. The van der Waals surface area contributed by atoms with Gasteiger partial charge < -0.3 is 10.6 Å². The Morgan fingerprint density at radius 1 is 1.29 bits per heavy atom. The predicted molar refractivity (Wildman–Crippen MR) is 69.5 cm³/mol. The van der Waals surface area contributed by atoms with Gasteiger partial charge in [0.05, 0.1) is 0 Å². The van der Waals surface area contributed by atoms with Gasteiger partial charge in [-0.25, -0.2) is 0 Å². The van der Waals surface area contributed by atoms with Gasteiger partial charge >= 0.3 is 0 Å². The summed E-state index contributed by atoms with van der Waals surface area (Å²) >= 11 is 0. The number of nitrogens with zero attached hydrogens (tertiary/aromatic N) is 1. The Kier molecular flexibility index (Phi) is 4.43. The third-order valence-corrected chi connectivity index (χ3v) is 4.48. The Labute approximate surface area is 105 Å². The van der Waals surface area contributed by atoms with E-state index in [9.17, 15) is 4.79 Å². The van der Waals surface area contributed by atoms with Crippen LogP contribution in [0.5, 0.6) is 0 Å². The molecule has 1 heterocycles. The molecule has 1 saturated carbocycles. The fourth-order valence-corrected chi connectivity index (χ4v) is 3.52. The second-order valence-corrected chi connectivity index (χ2v) is 5.96. The maximum atomic E-state index is 12.3. The molecule has 0 radical (unpaired) electrons. The molecular formula is C14H26N2O. The minimum Gasteiger partial charge on any atom is -0.338 e. The summed E-state index contributed by atoms with van der Waals surface area (Å²) in [4.78, 5) is 14.3. The van der Waals surface area contributed by atoms with Crippen LogP contribution in [0.15, 0.2) is 0 Å². The van der Waals surface area contributed by atoms with Gasteiger partial charge in [-0.05, 0) is 37.5 Å². The van der Waals surface area contributed by atoms with E-state index in [1.165, 1.54) is 25.7 Å². The summed E-state index contributed by atoms with van der Waals surface area (Å²) in [6.45, 7) is 3.88. The van der Waals surface area contributed by atoms with E-state index in [1.54, 1.807) is 0 Å². The van der Waals surface area contributed by atoms with Gasteiger partial charge in [0.2, 0.25) is 5.91 Å². The lowest BCUT2D eigenvalue weighted by Crippen LogP contribution is -2.40. The maximum Gasteiger partial charge on any atom is 0.223 e. The number of likely N-dealkylation sites (tertiary alicyclic amines) is 1. The van der Waals surface area contributed by atoms with Crippen LogP contribution in [0.25, 0.3) is 0 Å². The molecule has 0 unspecified atom stereocenters. The number of rotatable bonds is 3. The first kappa shape index (κ1) is 12.9. The smallest absolute Gasteiger partial charge is 0.223 e. The molecule has 1 amide bonds. The van der Waals surface area contributed by atoms with Crippen molar-refractivity contribution < 1.29 is 4.79 Å². The van der Waals surface area contributed by atoms with Crippen LogP contribution in [0.4, 0.5) is 0 Å². The molecule has 3 heteroatoms. The van der Waals surface area contributed by atoms with Gasteiger partial charge in [0.1, 0.15) is 0 Å². The number of carbonyl (C=O) groups excluding carboxylic acids is 1. The van der Waals surface area contributed by atoms with E-state index in [0.717, 1.165) is 31.7 Å². The Hall–Kier alpha value is -0.570. The molecule has 3 nitrogen and oxygen atoms in total. The summed E-state index contributed by atoms with van der Waals surface area (Å²) < 4.78 is 0. The molecule has 0 aromatic carbocycles. The Morgan fingerprint density at radius 2 is 2.12 bits per heavy atom. The van der Waals surface area contributed by atoms with Gasteiger partial charge in [0, 0.05) is 25.6 Å². The van der Waals surface area contributed by atoms with Gasteiger partial charge in [-0.2, -0.15) is 0 Å². The summed E-state index contributed by atoms with van der Waals surface area (Å²) in [5.74, 6) is 1.80. The minimum absolute atomic E-state index is 0.323. The topological polar surface area (TPSA) is 46.3 Å². The van der Waals surface area contributed by atoms with Crippen molar-refractivity contribution in [2.75, 3.05) is 13.1 Å². The quantitative estimate of drug-likeness (QED) is 0.819. The number of carbonyl (C=O) groups is 1. The highest BCUT2D eigenvalue weighted by atomic mass is 16.2. The average molecular weight is 238 g/mol. The molecular weight excluding hydrogens is 212 g/mol. The molecule has 1 saturated heterocycles. The van der Waals surface area contributed by atoms with Crippen molar-refractivity contribution in [1.29, 1.82) is 0 Å². The fourth-order valence-electron chi connectivity index (χ4n) is 3.52. The van der Waals surface area contributed by atoms with Gasteiger partial charge in [-0.1, -0.05) is 19.8 Å². The van der Waals surface area contributed by atoms with E-state index in [1.807, 2.05) is 4.90 Å². The lowest BCUT2D eigenvalue weighted by molar-refractivity contribution is -0.133. The lowest BCUT2D eigenvalue weighted by Gasteiger charge is -2.29. The zero-order valence-electron chi connectivity index (χ0n) is 11.0. The van der Waals surface area contributed by atoms with Gasteiger partial charge in [0.15, 0.2) is 0 Å². The molecule has 0 bridgehead atoms. The third kappa shape index (κ3) is 3.21. The average Bonchev–Trinajstić information content (AvgIpc) is 2.77. The summed E-state index contributed by atoms with van der Waals surface area (Å²) in [5.41, 5.74) is 5.72. The van der Waals surface area contributed by atoms with Crippen LogP contribution in [-0.2, 0) is 4.79 Å². The Bertz CT molecular complexity index is 267. The normalized spacial score (nSPS) is 34.0. The van der Waals surface area contributed by atoms with Crippen molar-refractivity contribution in [1.82, 2.24) is 4.90 Å². The molecule has 0 aromatic rings. The third-order valence-electron chi connectivity index (χ3n) is 4.48. The first-order chi connectivity index (χ1) is 8.20. The Balaban J connectivity index is 1.83. The molecule has 1 aliphatic carbocycles. The van der Waals surface area contributed by atoms with Crippen molar-refractivity contribution in [2.45, 2.75) is 57.9 Å². The second-order valence-electron chi connectivity index (χ2n) is 5.96. The lowest BCUT2D eigenvalue weighted by atomic mass is 9.80. The van der Waals surface area contributed by atoms with Crippen LogP contribution in [0.1, 0.15) is 51.9 Å². The molecule has 0 aromatic heterocycles. The standard InChI is InChI=1S/C14H26N2O/c1-11-4-2-5-12(8-11)9-14(17)16-7-3-6-13(16)10-15/h11-13H,2-10,15H2,1H3/t11-,12+,13+/m1/s1. The summed E-state index contributed by atoms with van der Waals surface area (Å²) in [5, 5.41) is 0. The van der Waals surface area contributed by atoms with Crippen molar-refractivity contribution in [3.8, 4) is 0 Å². The highest BCUT2D eigenvalue weighted by Gasteiger charge is 2.30. The van der Waals surface area contributed by atoms with Gasteiger partial charge in [-0.15, -0.1) is 0 Å². The largest absolute Gasteiger partial charge is 0.338 e. The van der Waals surface area contributed by atoms with Crippen LogP contribution in [0.2, 0.25) is 0 Å². The first-order valence-corrected chi connectivity index (χ1v) is 7.20. The van der Waals surface area contributed by atoms with E-state index >= 15 is 0 Å². The fraction of sp³-hybridized carbons (Fsp3) is 0.929. The van der Waals surface area contributed by atoms with Crippen molar-refractivity contribution in [2.24, 2.45) is 17.6 Å². The summed E-state index contributed by atoms with van der Waals surface area (Å²) in [6, 6.07) is 0.323. The van der Waals surface area contributed by atoms with E-state index in [-0.39, 0.29) is 0 Å². The van der Waals surface area contributed by atoms with E-state index in [2.05, 4.69) is 6.92 Å². The molecule has 17 heavy (non-hydrogen) atoms. The molecule has 3 atom stereocenters. The van der Waals surface area contributed by atoms with E-state index < -0.39 is 0 Å². The molecule has 2 rings (SSSR count). The molecule has 2 fully saturated rings. The predicted octanol–water partition coefficient (Wildman–Crippen LogP) is 2.15. The zero-order chi connectivity index (χ0) is 12.3. The maximum absolute atomic E-state index is 12.3. The Morgan fingerprint density at radius 3 is 2.82 bits per heavy atom. The van der Waals surface area contributed by atoms with Crippen LogP contribution in [-0.4, -0.2) is 29.9 Å². The van der Waals surface area contributed by atoms with Gasteiger partial charge in [0.25, 0.3) is 0 Å².